The molecule has 0 N–H and O–H groups in total. The lowest BCUT2D eigenvalue weighted by Gasteiger charge is -2.31. The van der Waals surface area contributed by atoms with Crippen molar-refractivity contribution < 1.29 is 0 Å². The van der Waals surface area contributed by atoms with E-state index in [2.05, 4.69) is 231 Å². The third-order valence-electron chi connectivity index (χ3n) is 12.3. The lowest BCUT2D eigenvalue weighted by atomic mass is 9.82. The van der Waals surface area contributed by atoms with Gasteiger partial charge in [-0.05, 0) is 97.6 Å². The van der Waals surface area contributed by atoms with Crippen LogP contribution < -0.4 is 4.90 Å². The summed E-state index contributed by atoms with van der Waals surface area (Å²) in [5.41, 5.74) is 18.2. The Kier molecular flexibility index (Phi) is 8.43. The second-order valence-electron chi connectivity index (χ2n) is 16.0. The molecule has 10 aromatic rings. The molecule has 0 saturated carbocycles. The molecular formula is C57H41NS. The Morgan fingerprint density at radius 3 is 1.75 bits per heavy atom. The Morgan fingerprint density at radius 1 is 0.373 bits per heavy atom. The fraction of sp³-hybridized carbons (Fsp3) is 0.0526. The maximum Gasteiger partial charge on any atom is 0.0546 e. The quantitative estimate of drug-likeness (QED) is 0.156. The van der Waals surface area contributed by atoms with E-state index >= 15 is 0 Å². The van der Waals surface area contributed by atoms with Crippen molar-refractivity contribution in [1.29, 1.82) is 0 Å². The Labute approximate surface area is 350 Å². The minimum atomic E-state index is -0.0921. The molecule has 280 valence electrons. The van der Waals surface area contributed by atoms with Crippen LogP contribution in [-0.2, 0) is 5.41 Å². The van der Waals surface area contributed by atoms with Gasteiger partial charge in [0.15, 0.2) is 0 Å². The van der Waals surface area contributed by atoms with E-state index in [4.69, 9.17) is 0 Å². The molecule has 11 rings (SSSR count). The second-order valence-corrected chi connectivity index (χ2v) is 17.1. The first-order valence-electron chi connectivity index (χ1n) is 20.4. The summed E-state index contributed by atoms with van der Waals surface area (Å²) in [4.78, 5) is 2.51. The van der Waals surface area contributed by atoms with Gasteiger partial charge in [0.05, 0.1) is 5.69 Å². The Balaban J connectivity index is 1.20. The topological polar surface area (TPSA) is 3.24 Å². The van der Waals surface area contributed by atoms with Crippen LogP contribution in [0.25, 0.3) is 75.8 Å². The van der Waals surface area contributed by atoms with Gasteiger partial charge in [0.1, 0.15) is 0 Å². The van der Waals surface area contributed by atoms with Gasteiger partial charge in [-0.15, -0.1) is 11.3 Å². The second kappa shape index (κ2) is 14.1. The fourth-order valence-electron chi connectivity index (χ4n) is 9.50. The van der Waals surface area contributed by atoms with Crippen molar-refractivity contribution in [2.24, 2.45) is 0 Å². The van der Waals surface area contributed by atoms with Crippen LogP contribution in [-0.4, -0.2) is 0 Å². The molecule has 59 heavy (non-hydrogen) atoms. The molecule has 1 nitrogen and oxygen atoms in total. The molecule has 0 bridgehead atoms. The summed E-state index contributed by atoms with van der Waals surface area (Å²) in [6, 6.07) is 78.2. The highest BCUT2D eigenvalue weighted by atomic mass is 32.1. The molecule has 0 unspecified atom stereocenters. The third kappa shape index (κ3) is 5.82. The maximum atomic E-state index is 2.51. The van der Waals surface area contributed by atoms with Gasteiger partial charge in [-0.3, -0.25) is 0 Å². The Bertz CT molecular complexity index is 3190. The number of nitrogens with zero attached hydrogens (tertiary/aromatic N) is 1. The number of hydrogen-bond acceptors (Lipinski definition) is 2. The molecule has 0 fully saturated rings. The van der Waals surface area contributed by atoms with Gasteiger partial charge in [-0.25, -0.2) is 0 Å². The number of hydrogen-bond donors (Lipinski definition) is 0. The van der Waals surface area contributed by atoms with Crippen molar-refractivity contribution in [3.63, 3.8) is 0 Å². The molecule has 0 radical (unpaired) electrons. The maximum absolute atomic E-state index is 2.51. The molecule has 9 aromatic carbocycles. The molecule has 1 heterocycles. The van der Waals surface area contributed by atoms with Crippen LogP contribution in [0.4, 0.5) is 17.1 Å². The summed E-state index contributed by atoms with van der Waals surface area (Å²) >= 11 is 1.88. The van der Waals surface area contributed by atoms with Crippen molar-refractivity contribution in [2.75, 3.05) is 4.90 Å². The van der Waals surface area contributed by atoms with Gasteiger partial charge in [-0.2, -0.15) is 0 Å². The van der Waals surface area contributed by atoms with Crippen LogP contribution in [0.2, 0.25) is 0 Å². The summed E-state index contributed by atoms with van der Waals surface area (Å²) in [5, 5.41) is 2.62. The van der Waals surface area contributed by atoms with E-state index < -0.39 is 0 Å². The van der Waals surface area contributed by atoms with E-state index in [0.29, 0.717) is 0 Å². The monoisotopic (exact) mass is 771 g/mol. The summed E-state index contributed by atoms with van der Waals surface area (Å²) in [6.07, 6.45) is 0. The van der Waals surface area contributed by atoms with Crippen LogP contribution in [0.15, 0.2) is 212 Å². The average molecular weight is 772 g/mol. The molecule has 1 aromatic heterocycles. The van der Waals surface area contributed by atoms with E-state index in [1.54, 1.807) is 0 Å². The molecule has 1 aliphatic carbocycles. The van der Waals surface area contributed by atoms with Crippen LogP contribution in [0.5, 0.6) is 0 Å². The summed E-state index contributed by atoms with van der Waals surface area (Å²) in [7, 11) is 0. The van der Waals surface area contributed by atoms with E-state index in [1.165, 1.54) is 86.9 Å². The van der Waals surface area contributed by atoms with Gasteiger partial charge in [0.25, 0.3) is 0 Å². The molecule has 0 atom stereocenters. The van der Waals surface area contributed by atoms with Crippen molar-refractivity contribution in [2.45, 2.75) is 19.3 Å². The Morgan fingerprint density at radius 2 is 0.932 bits per heavy atom. The number of fused-ring (bicyclic) bond motifs is 6. The zero-order valence-corrected chi connectivity index (χ0v) is 33.9. The highest BCUT2D eigenvalue weighted by Gasteiger charge is 2.36. The first-order chi connectivity index (χ1) is 29.0. The number of thiophene rings is 1. The summed E-state index contributed by atoms with van der Waals surface area (Å²) in [5.74, 6) is 0. The molecule has 0 amide bonds. The van der Waals surface area contributed by atoms with Crippen molar-refractivity contribution in [3.8, 4) is 55.6 Å². The molecular weight excluding hydrogens is 731 g/mol. The number of rotatable bonds is 7. The van der Waals surface area contributed by atoms with Crippen molar-refractivity contribution in [3.05, 3.63) is 223 Å². The average Bonchev–Trinajstić information content (AvgIpc) is 3.79. The minimum absolute atomic E-state index is 0.0921. The lowest BCUT2D eigenvalue weighted by molar-refractivity contribution is 0.660. The van der Waals surface area contributed by atoms with Gasteiger partial charge in [0.2, 0.25) is 0 Å². The van der Waals surface area contributed by atoms with Crippen LogP contribution >= 0.6 is 11.3 Å². The predicted molar refractivity (Wildman–Crippen MR) is 253 cm³/mol. The largest absolute Gasteiger partial charge is 0.310 e. The van der Waals surface area contributed by atoms with Crippen molar-refractivity contribution >= 4 is 48.6 Å². The first kappa shape index (κ1) is 35.2. The summed E-state index contributed by atoms with van der Waals surface area (Å²) in [6.45, 7) is 4.71. The van der Waals surface area contributed by atoms with E-state index in [0.717, 1.165) is 17.1 Å². The fourth-order valence-corrected chi connectivity index (χ4v) is 10.7. The lowest BCUT2D eigenvalue weighted by Crippen LogP contribution is -2.15. The van der Waals surface area contributed by atoms with Gasteiger partial charge in [0, 0.05) is 42.5 Å². The highest BCUT2D eigenvalue weighted by molar-refractivity contribution is 7.26. The van der Waals surface area contributed by atoms with Gasteiger partial charge in [-0.1, -0.05) is 190 Å². The Hall–Kier alpha value is -7.00. The molecule has 2 heteroatoms. The predicted octanol–water partition coefficient (Wildman–Crippen LogP) is 16.5. The van der Waals surface area contributed by atoms with Crippen molar-refractivity contribution in [1.82, 2.24) is 0 Å². The summed E-state index contributed by atoms with van der Waals surface area (Å²) < 4.78 is 2.63. The SMILES string of the molecule is CC1(C)c2ccccc2-c2cc(N(c3cccc(-c4cccc5c4sc4ccccc45)c3)c3cccc(-c4ccccc4)c3-c3ccccc3-c3ccccc3)ccc21. The van der Waals surface area contributed by atoms with Crippen LogP contribution in [0.1, 0.15) is 25.0 Å². The normalized spacial score (nSPS) is 12.7. The van der Waals surface area contributed by atoms with E-state index in [-0.39, 0.29) is 5.41 Å². The smallest absolute Gasteiger partial charge is 0.0546 e. The molecule has 0 aliphatic heterocycles. The number of benzene rings is 9. The minimum Gasteiger partial charge on any atom is -0.310 e. The van der Waals surface area contributed by atoms with Crippen LogP contribution in [0, 0.1) is 0 Å². The highest BCUT2D eigenvalue weighted by Crippen LogP contribution is 2.53. The standard InChI is InChI=1S/C57H41NS/c1-57(2)51-31-13-11-25-46(51)50-37-42(34-35-52(50)57)58(41-23-15-22-40(36-41)45-29-16-30-49-47-26-12-14-33-54(47)59-56(45)49)53-32-17-28-44(39-20-7-4-8-21-39)55(53)48-27-10-9-24-43(48)38-18-5-3-6-19-38/h3-37H,1-2H3. The number of anilines is 3. The molecule has 0 saturated heterocycles. The van der Waals surface area contributed by atoms with Crippen LogP contribution in [0.3, 0.4) is 0 Å². The third-order valence-corrected chi connectivity index (χ3v) is 13.5. The zero-order valence-electron chi connectivity index (χ0n) is 33.1. The van der Waals surface area contributed by atoms with E-state index in [9.17, 15) is 0 Å². The van der Waals surface area contributed by atoms with E-state index in [1.807, 2.05) is 11.3 Å². The molecule has 0 spiro atoms. The van der Waals surface area contributed by atoms with Gasteiger partial charge < -0.3 is 4.90 Å². The zero-order chi connectivity index (χ0) is 39.5. The molecule has 1 aliphatic rings. The first-order valence-corrected chi connectivity index (χ1v) is 21.2. The van der Waals surface area contributed by atoms with Gasteiger partial charge >= 0.3 is 0 Å².